The third-order valence-electron chi connectivity index (χ3n) is 3.85. The van der Waals surface area contributed by atoms with Gasteiger partial charge in [-0.2, -0.15) is 0 Å². The maximum absolute atomic E-state index is 12.4. The van der Waals surface area contributed by atoms with E-state index < -0.39 is 0 Å². The van der Waals surface area contributed by atoms with Gasteiger partial charge < -0.3 is 10.6 Å². The molecule has 0 saturated carbocycles. The number of thiazole rings is 1. The van der Waals surface area contributed by atoms with E-state index in [1.165, 1.54) is 0 Å². The molecule has 4 nitrogen and oxygen atoms in total. The van der Waals surface area contributed by atoms with Crippen molar-refractivity contribution in [1.82, 2.24) is 15.6 Å². The fourth-order valence-electron chi connectivity index (χ4n) is 2.50. The quantitative estimate of drug-likeness (QED) is 0.849. The molecule has 18 heavy (non-hydrogen) atoms. The van der Waals surface area contributed by atoms with Crippen molar-refractivity contribution >= 4 is 17.2 Å². The molecule has 1 atom stereocenters. The molecule has 5 heteroatoms. The van der Waals surface area contributed by atoms with Gasteiger partial charge in [-0.25, -0.2) is 4.98 Å². The number of hydrogen-bond acceptors (Lipinski definition) is 4. The minimum Gasteiger partial charge on any atom is -0.355 e. The molecule has 0 spiro atoms. The summed E-state index contributed by atoms with van der Waals surface area (Å²) in [5.74, 6) is 0.561. The zero-order chi connectivity index (χ0) is 13.0. The monoisotopic (exact) mass is 267 g/mol. The lowest BCUT2D eigenvalue weighted by Gasteiger charge is -2.31. The van der Waals surface area contributed by atoms with Gasteiger partial charge in [-0.3, -0.25) is 4.79 Å². The second-order valence-electron chi connectivity index (χ2n) is 5.17. The van der Waals surface area contributed by atoms with Crippen LogP contribution in [-0.4, -0.2) is 30.5 Å². The first-order valence-electron chi connectivity index (χ1n) is 6.52. The maximum atomic E-state index is 12.4. The zero-order valence-corrected chi connectivity index (χ0v) is 11.8. The standard InChI is InChI=1S/C13H21N3OS/c1-10(2)13(4-6-14-9-13)12(17)16-5-3-11-15-7-8-18-11/h7-8,10,14H,3-6,9H2,1-2H3,(H,16,17). The molecule has 2 N–H and O–H groups in total. The van der Waals surface area contributed by atoms with Gasteiger partial charge in [0.1, 0.15) is 0 Å². The highest BCUT2D eigenvalue weighted by atomic mass is 32.1. The average Bonchev–Trinajstić information content (AvgIpc) is 3.00. The van der Waals surface area contributed by atoms with Crippen LogP contribution in [0.15, 0.2) is 11.6 Å². The number of carbonyl (C=O) groups is 1. The van der Waals surface area contributed by atoms with E-state index >= 15 is 0 Å². The Morgan fingerprint density at radius 2 is 2.50 bits per heavy atom. The van der Waals surface area contributed by atoms with E-state index in [1.54, 1.807) is 17.5 Å². The van der Waals surface area contributed by atoms with Crippen molar-refractivity contribution in [1.29, 1.82) is 0 Å². The lowest BCUT2D eigenvalue weighted by molar-refractivity contribution is -0.132. The van der Waals surface area contributed by atoms with E-state index in [9.17, 15) is 4.79 Å². The van der Waals surface area contributed by atoms with E-state index in [-0.39, 0.29) is 11.3 Å². The summed E-state index contributed by atoms with van der Waals surface area (Å²) in [4.78, 5) is 16.6. The van der Waals surface area contributed by atoms with Crippen LogP contribution in [0.1, 0.15) is 25.3 Å². The van der Waals surface area contributed by atoms with Crippen LogP contribution in [-0.2, 0) is 11.2 Å². The van der Waals surface area contributed by atoms with Gasteiger partial charge in [0, 0.05) is 31.1 Å². The fourth-order valence-corrected chi connectivity index (χ4v) is 3.12. The highest BCUT2D eigenvalue weighted by Crippen LogP contribution is 2.34. The van der Waals surface area contributed by atoms with E-state index in [4.69, 9.17) is 0 Å². The molecule has 1 aliphatic rings. The first kappa shape index (κ1) is 13.5. The van der Waals surface area contributed by atoms with E-state index in [2.05, 4.69) is 29.5 Å². The van der Waals surface area contributed by atoms with Crippen LogP contribution in [0.3, 0.4) is 0 Å². The largest absolute Gasteiger partial charge is 0.355 e. The highest BCUT2D eigenvalue weighted by molar-refractivity contribution is 7.09. The smallest absolute Gasteiger partial charge is 0.227 e. The maximum Gasteiger partial charge on any atom is 0.227 e. The average molecular weight is 267 g/mol. The molecular formula is C13H21N3OS. The molecule has 1 fully saturated rings. The Hall–Kier alpha value is -0.940. The van der Waals surface area contributed by atoms with Crippen molar-refractivity contribution < 1.29 is 4.79 Å². The second kappa shape index (κ2) is 5.80. The van der Waals surface area contributed by atoms with E-state index in [0.717, 1.165) is 30.9 Å². The molecule has 1 aromatic rings. The van der Waals surface area contributed by atoms with Crippen LogP contribution in [0, 0.1) is 11.3 Å². The Morgan fingerprint density at radius 1 is 1.67 bits per heavy atom. The third-order valence-corrected chi connectivity index (χ3v) is 4.69. The summed E-state index contributed by atoms with van der Waals surface area (Å²) in [6.45, 7) is 6.69. The molecule has 100 valence electrons. The van der Waals surface area contributed by atoms with Crippen LogP contribution in [0.2, 0.25) is 0 Å². The summed E-state index contributed by atoms with van der Waals surface area (Å²) < 4.78 is 0. The molecule has 0 aromatic carbocycles. The van der Waals surface area contributed by atoms with Gasteiger partial charge in [-0.05, 0) is 18.9 Å². The summed E-state index contributed by atoms with van der Waals surface area (Å²) in [5, 5.41) is 9.43. The number of hydrogen-bond donors (Lipinski definition) is 2. The van der Waals surface area contributed by atoms with Gasteiger partial charge in [0.25, 0.3) is 0 Å². The van der Waals surface area contributed by atoms with Gasteiger partial charge in [0.05, 0.1) is 10.4 Å². The fraction of sp³-hybridized carbons (Fsp3) is 0.692. The zero-order valence-electron chi connectivity index (χ0n) is 11.0. The van der Waals surface area contributed by atoms with Crippen LogP contribution in [0.4, 0.5) is 0 Å². The van der Waals surface area contributed by atoms with Crippen molar-refractivity contribution in [2.75, 3.05) is 19.6 Å². The minimum absolute atomic E-state index is 0.194. The first-order valence-corrected chi connectivity index (χ1v) is 7.40. The van der Waals surface area contributed by atoms with E-state index in [1.807, 2.05) is 5.38 Å². The third kappa shape index (κ3) is 2.72. The highest BCUT2D eigenvalue weighted by Gasteiger charge is 2.43. The normalized spacial score (nSPS) is 23.5. The molecule has 1 aromatic heterocycles. The van der Waals surface area contributed by atoms with Crippen LogP contribution < -0.4 is 10.6 Å². The second-order valence-corrected chi connectivity index (χ2v) is 6.15. The van der Waals surface area contributed by atoms with Crippen molar-refractivity contribution in [3.05, 3.63) is 16.6 Å². The van der Waals surface area contributed by atoms with Gasteiger partial charge in [-0.15, -0.1) is 11.3 Å². The van der Waals surface area contributed by atoms with Crippen molar-refractivity contribution in [3.8, 4) is 0 Å². The number of aromatic nitrogens is 1. The summed E-state index contributed by atoms with van der Waals surface area (Å²) in [7, 11) is 0. The molecular weight excluding hydrogens is 246 g/mol. The Kier molecular flexibility index (Phi) is 4.35. The summed E-state index contributed by atoms with van der Waals surface area (Å²) in [6.07, 6.45) is 3.57. The summed E-state index contributed by atoms with van der Waals surface area (Å²) >= 11 is 1.64. The summed E-state index contributed by atoms with van der Waals surface area (Å²) in [5.41, 5.74) is -0.219. The molecule has 2 rings (SSSR count). The number of nitrogens with zero attached hydrogens (tertiary/aromatic N) is 1. The lowest BCUT2D eigenvalue weighted by Crippen LogP contribution is -2.46. The Morgan fingerprint density at radius 3 is 3.06 bits per heavy atom. The van der Waals surface area contributed by atoms with E-state index in [0.29, 0.717) is 12.5 Å². The molecule has 1 amide bonds. The van der Waals surface area contributed by atoms with Gasteiger partial charge >= 0.3 is 0 Å². The van der Waals surface area contributed by atoms with Crippen LogP contribution in [0.5, 0.6) is 0 Å². The van der Waals surface area contributed by atoms with Gasteiger partial charge in [0.15, 0.2) is 0 Å². The predicted molar refractivity (Wildman–Crippen MR) is 73.6 cm³/mol. The summed E-state index contributed by atoms with van der Waals surface area (Å²) in [6, 6.07) is 0. The van der Waals surface area contributed by atoms with Gasteiger partial charge in [0.2, 0.25) is 5.91 Å². The number of carbonyl (C=O) groups excluding carboxylic acids is 1. The number of nitrogens with one attached hydrogen (secondary N) is 2. The molecule has 1 aliphatic heterocycles. The lowest BCUT2D eigenvalue weighted by atomic mass is 9.75. The molecule has 1 unspecified atom stereocenters. The van der Waals surface area contributed by atoms with Crippen molar-refractivity contribution in [2.45, 2.75) is 26.7 Å². The number of amides is 1. The first-order chi connectivity index (χ1) is 8.65. The molecule has 0 aliphatic carbocycles. The Balaban J connectivity index is 1.86. The SMILES string of the molecule is CC(C)C1(C(=O)NCCc2nccs2)CCNC1. The molecule has 0 radical (unpaired) electrons. The molecule has 2 heterocycles. The predicted octanol–water partition coefficient (Wildman–Crippen LogP) is 1.44. The Bertz CT molecular complexity index is 383. The van der Waals surface area contributed by atoms with Crippen molar-refractivity contribution in [3.63, 3.8) is 0 Å². The van der Waals surface area contributed by atoms with Gasteiger partial charge in [-0.1, -0.05) is 13.8 Å². The van der Waals surface area contributed by atoms with Crippen molar-refractivity contribution in [2.24, 2.45) is 11.3 Å². The molecule has 0 bridgehead atoms. The van der Waals surface area contributed by atoms with Crippen LogP contribution in [0.25, 0.3) is 0 Å². The van der Waals surface area contributed by atoms with Crippen LogP contribution >= 0.6 is 11.3 Å². The minimum atomic E-state index is -0.219. The topological polar surface area (TPSA) is 54.0 Å². The number of rotatable bonds is 5. The Labute approximate surface area is 112 Å². The molecule has 1 saturated heterocycles.